The quantitative estimate of drug-likeness (QED) is 0.378. The molecule has 2 aromatic carbocycles. The fourth-order valence-electron chi connectivity index (χ4n) is 3.66. The summed E-state index contributed by atoms with van der Waals surface area (Å²) in [6.45, 7) is 8.47. The van der Waals surface area contributed by atoms with Gasteiger partial charge in [-0.25, -0.2) is 0 Å². The van der Waals surface area contributed by atoms with Crippen molar-refractivity contribution in [2.45, 2.75) is 5.22 Å². The second-order valence-corrected chi connectivity index (χ2v) is 8.46. The van der Waals surface area contributed by atoms with Crippen LogP contribution in [0.4, 0.5) is 11.4 Å². The fraction of sp³-hybridized carbons (Fsp3) is 0.292. The molecule has 1 aliphatic heterocycles. The maximum Gasteiger partial charge on any atom is 0.277 e. The maximum absolute atomic E-state index is 12.6. The number of benzene rings is 2. The molecule has 0 unspecified atom stereocenters. The molecule has 1 amide bonds. The number of ether oxygens (including phenoxy) is 1. The lowest BCUT2D eigenvalue weighted by atomic mass is 10.2. The number of nitrogens with one attached hydrogen (secondary N) is 1. The Morgan fingerprint density at radius 3 is 2.79 bits per heavy atom. The average molecular weight is 466 g/mol. The molecule has 0 radical (unpaired) electrons. The summed E-state index contributed by atoms with van der Waals surface area (Å²) in [7, 11) is 1.60. The summed E-state index contributed by atoms with van der Waals surface area (Å²) in [6, 6.07) is 15.3. The summed E-state index contributed by atoms with van der Waals surface area (Å²) in [5.41, 5.74) is 2.61. The van der Waals surface area contributed by atoms with Crippen molar-refractivity contribution < 1.29 is 13.9 Å². The van der Waals surface area contributed by atoms with Gasteiger partial charge in [-0.3, -0.25) is 9.69 Å². The van der Waals surface area contributed by atoms with Crippen LogP contribution in [0.2, 0.25) is 0 Å². The van der Waals surface area contributed by atoms with E-state index < -0.39 is 0 Å². The minimum atomic E-state index is -0.126. The molecule has 0 spiro atoms. The number of piperazine rings is 1. The van der Waals surface area contributed by atoms with Gasteiger partial charge in [0.05, 0.1) is 24.2 Å². The summed E-state index contributed by atoms with van der Waals surface area (Å²) < 4.78 is 10.9. The summed E-state index contributed by atoms with van der Waals surface area (Å²) in [4.78, 5) is 17.3. The Hall–Kier alpha value is -3.30. The summed E-state index contributed by atoms with van der Waals surface area (Å²) in [5.74, 6) is 1.14. The Morgan fingerprint density at radius 2 is 2.00 bits per heavy atom. The first kappa shape index (κ1) is 22.9. The van der Waals surface area contributed by atoms with Crippen LogP contribution in [0.3, 0.4) is 0 Å². The molecule has 1 N–H and O–H groups in total. The zero-order valence-electron chi connectivity index (χ0n) is 18.6. The van der Waals surface area contributed by atoms with E-state index in [0.29, 0.717) is 16.9 Å². The standard InChI is InChI=1S/C24H27N5O3S/c1-3-11-28-12-14-29(15-13-28)21-10-5-4-9-20(21)25-22(30)17-33-24-27-26-23(32-24)18-7-6-8-19(16-18)31-2/h3-10,16H,1,11-15,17H2,2H3,(H,25,30). The van der Waals surface area contributed by atoms with Gasteiger partial charge in [-0.05, 0) is 30.3 Å². The summed E-state index contributed by atoms with van der Waals surface area (Å²) in [6.07, 6.45) is 1.94. The van der Waals surface area contributed by atoms with Crippen LogP contribution in [0, 0.1) is 0 Å². The number of thioether (sulfide) groups is 1. The molecule has 1 aromatic heterocycles. The van der Waals surface area contributed by atoms with Gasteiger partial charge in [0.25, 0.3) is 5.22 Å². The number of aromatic nitrogens is 2. The van der Waals surface area contributed by atoms with Crippen LogP contribution >= 0.6 is 11.8 Å². The lowest BCUT2D eigenvalue weighted by Crippen LogP contribution is -2.46. The van der Waals surface area contributed by atoms with Crippen molar-refractivity contribution in [3.05, 3.63) is 61.2 Å². The highest BCUT2D eigenvalue weighted by atomic mass is 32.2. The minimum Gasteiger partial charge on any atom is -0.497 e. The van der Waals surface area contributed by atoms with Crippen molar-refractivity contribution in [3.63, 3.8) is 0 Å². The molecule has 33 heavy (non-hydrogen) atoms. The molecular weight excluding hydrogens is 438 g/mol. The molecule has 0 saturated carbocycles. The average Bonchev–Trinajstić information content (AvgIpc) is 3.33. The molecule has 172 valence electrons. The topological polar surface area (TPSA) is 83.7 Å². The summed E-state index contributed by atoms with van der Waals surface area (Å²) >= 11 is 1.21. The number of carbonyl (C=O) groups excluding carboxylic acids is 1. The normalized spacial score (nSPS) is 14.2. The van der Waals surface area contributed by atoms with Crippen LogP contribution < -0.4 is 15.0 Å². The molecule has 9 heteroatoms. The smallest absolute Gasteiger partial charge is 0.277 e. The first-order valence-corrected chi connectivity index (χ1v) is 11.7. The van der Waals surface area contributed by atoms with Gasteiger partial charge >= 0.3 is 0 Å². The third-order valence-corrected chi connectivity index (χ3v) is 6.15. The number of carbonyl (C=O) groups is 1. The largest absolute Gasteiger partial charge is 0.497 e. The lowest BCUT2D eigenvalue weighted by molar-refractivity contribution is -0.113. The predicted molar refractivity (Wildman–Crippen MR) is 131 cm³/mol. The van der Waals surface area contributed by atoms with Crippen LogP contribution in [-0.4, -0.2) is 66.6 Å². The van der Waals surface area contributed by atoms with E-state index in [9.17, 15) is 4.79 Å². The highest BCUT2D eigenvalue weighted by Gasteiger charge is 2.19. The second kappa shape index (κ2) is 11.0. The van der Waals surface area contributed by atoms with Crippen molar-refractivity contribution in [3.8, 4) is 17.2 Å². The molecule has 1 saturated heterocycles. The van der Waals surface area contributed by atoms with Crippen molar-refractivity contribution in [1.29, 1.82) is 0 Å². The molecule has 3 aromatic rings. The van der Waals surface area contributed by atoms with Gasteiger partial charge in [0.1, 0.15) is 5.75 Å². The Balaban J connectivity index is 1.34. The van der Waals surface area contributed by atoms with Gasteiger partial charge < -0.3 is 19.4 Å². The number of anilines is 2. The van der Waals surface area contributed by atoms with Crippen LogP contribution in [0.1, 0.15) is 0 Å². The number of hydrogen-bond acceptors (Lipinski definition) is 8. The Morgan fingerprint density at radius 1 is 1.18 bits per heavy atom. The molecule has 1 aliphatic rings. The van der Waals surface area contributed by atoms with Crippen molar-refractivity contribution >= 4 is 29.0 Å². The monoisotopic (exact) mass is 465 g/mol. The number of amides is 1. The van der Waals surface area contributed by atoms with E-state index in [4.69, 9.17) is 9.15 Å². The number of nitrogens with zero attached hydrogens (tertiary/aromatic N) is 4. The van der Waals surface area contributed by atoms with Crippen LogP contribution in [0.25, 0.3) is 11.5 Å². The van der Waals surface area contributed by atoms with Crippen LogP contribution in [0.5, 0.6) is 5.75 Å². The predicted octanol–water partition coefficient (Wildman–Crippen LogP) is 3.78. The molecular formula is C24H27N5O3S. The van der Waals surface area contributed by atoms with Gasteiger partial charge in [-0.2, -0.15) is 0 Å². The van der Waals surface area contributed by atoms with E-state index in [1.165, 1.54) is 11.8 Å². The van der Waals surface area contributed by atoms with Crippen molar-refractivity contribution in [2.24, 2.45) is 0 Å². The van der Waals surface area contributed by atoms with Crippen LogP contribution in [-0.2, 0) is 4.79 Å². The molecule has 2 heterocycles. The molecule has 0 aliphatic carbocycles. The third kappa shape index (κ3) is 5.94. The van der Waals surface area contributed by atoms with Crippen molar-refractivity contribution in [2.75, 3.05) is 55.8 Å². The molecule has 8 nitrogen and oxygen atoms in total. The lowest BCUT2D eigenvalue weighted by Gasteiger charge is -2.36. The zero-order chi connectivity index (χ0) is 23.0. The number of rotatable bonds is 9. The van der Waals surface area contributed by atoms with Gasteiger partial charge in [0.2, 0.25) is 11.8 Å². The third-order valence-electron chi connectivity index (χ3n) is 5.33. The minimum absolute atomic E-state index is 0.126. The Labute approximate surface area is 197 Å². The Kier molecular flexibility index (Phi) is 7.64. The molecule has 0 bridgehead atoms. The second-order valence-electron chi connectivity index (χ2n) is 7.54. The number of para-hydroxylation sites is 2. The fourth-order valence-corrected chi connectivity index (χ4v) is 4.23. The van der Waals surface area contributed by atoms with Gasteiger partial charge in [0.15, 0.2) is 0 Å². The first-order valence-electron chi connectivity index (χ1n) is 10.7. The SMILES string of the molecule is C=CCN1CCN(c2ccccc2NC(=O)CSc2nnc(-c3cccc(OC)c3)o2)CC1. The first-order chi connectivity index (χ1) is 16.2. The van der Waals surface area contributed by atoms with E-state index in [0.717, 1.165) is 49.7 Å². The molecule has 4 rings (SSSR count). The number of methoxy groups -OCH3 is 1. The van der Waals surface area contributed by atoms with Crippen molar-refractivity contribution in [1.82, 2.24) is 15.1 Å². The van der Waals surface area contributed by atoms with E-state index in [2.05, 4.69) is 31.9 Å². The van der Waals surface area contributed by atoms with Gasteiger partial charge in [-0.15, -0.1) is 16.8 Å². The number of hydrogen-bond donors (Lipinski definition) is 1. The maximum atomic E-state index is 12.6. The van der Waals surface area contributed by atoms with Gasteiger partial charge in [0, 0.05) is 38.3 Å². The zero-order valence-corrected chi connectivity index (χ0v) is 19.4. The highest BCUT2D eigenvalue weighted by Crippen LogP contribution is 2.28. The highest BCUT2D eigenvalue weighted by molar-refractivity contribution is 7.99. The van der Waals surface area contributed by atoms with E-state index in [-0.39, 0.29) is 11.7 Å². The van der Waals surface area contributed by atoms with Crippen LogP contribution in [0.15, 0.2) is 70.8 Å². The van der Waals surface area contributed by atoms with E-state index in [1.807, 2.05) is 54.6 Å². The molecule has 0 atom stereocenters. The van der Waals surface area contributed by atoms with E-state index >= 15 is 0 Å². The summed E-state index contributed by atoms with van der Waals surface area (Å²) in [5, 5.41) is 11.5. The van der Waals surface area contributed by atoms with Gasteiger partial charge in [-0.1, -0.05) is 36.0 Å². The Bertz CT molecular complexity index is 1090. The van der Waals surface area contributed by atoms with E-state index in [1.54, 1.807) is 7.11 Å². The molecule has 1 fully saturated rings.